The Bertz CT molecular complexity index is 700. The molecule has 0 radical (unpaired) electrons. The Hall–Kier alpha value is -1.85. The van der Waals surface area contributed by atoms with Gasteiger partial charge in [-0.05, 0) is 30.7 Å². The van der Waals surface area contributed by atoms with Crippen LogP contribution in [0.3, 0.4) is 0 Å². The van der Waals surface area contributed by atoms with Crippen molar-refractivity contribution in [3.05, 3.63) is 52.0 Å². The van der Waals surface area contributed by atoms with Crippen molar-refractivity contribution in [1.29, 1.82) is 0 Å². The van der Waals surface area contributed by atoms with Crippen molar-refractivity contribution >= 4 is 27.5 Å². The minimum atomic E-state index is -0.591. The minimum Gasteiger partial charge on any atom is -0.457 e. The molecule has 0 aliphatic carbocycles. The normalized spacial score (nSPS) is 16.8. The van der Waals surface area contributed by atoms with Gasteiger partial charge in [0.2, 0.25) is 5.91 Å². The van der Waals surface area contributed by atoms with Crippen LogP contribution in [0, 0.1) is 6.92 Å². The first-order valence-electron chi connectivity index (χ1n) is 6.19. The molecule has 3 N–H and O–H groups in total. The van der Waals surface area contributed by atoms with Gasteiger partial charge >= 0.3 is 0 Å². The monoisotopic (exact) mass is 332 g/mol. The molecule has 1 atom stereocenters. The molecule has 0 fully saturated rings. The highest BCUT2D eigenvalue weighted by Gasteiger charge is 2.27. The summed E-state index contributed by atoms with van der Waals surface area (Å²) < 4.78 is 6.82. The predicted octanol–water partition coefficient (Wildman–Crippen LogP) is 3.50. The number of nitrogens with two attached hydrogens (primary N) is 1. The number of benzene rings is 2. The summed E-state index contributed by atoms with van der Waals surface area (Å²) in [5.41, 5.74) is 8.33. The molecule has 0 bridgehead atoms. The molecule has 2 aromatic rings. The molecule has 0 aromatic heterocycles. The van der Waals surface area contributed by atoms with Crippen LogP contribution < -0.4 is 15.8 Å². The van der Waals surface area contributed by atoms with Gasteiger partial charge < -0.3 is 15.8 Å². The van der Waals surface area contributed by atoms with Crippen LogP contribution in [0.5, 0.6) is 11.5 Å². The molecule has 1 aliphatic heterocycles. The maximum absolute atomic E-state index is 11.5. The predicted molar refractivity (Wildman–Crippen MR) is 81.0 cm³/mol. The molecule has 20 heavy (non-hydrogen) atoms. The molecular weight excluding hydrogens is 320 g/mol. The van der Waals surface area contributed by atoms with Crippen molar-refractivity contribution in [1.82, 2.24) is 0 Å². The zero-order chi connectivity index (χ0) is 14.3. The van der Waals surface area contributed by atoms with Crippen molar-refractivity contribution in [3.8, 4) is 11.5 Å². The number of ether oxygens (including phenoxy) is 1. The van der Waals surface area contributed by atoms with Gasteiger partial charge in [-0.25, -0.2) is 0 Å². The van der Waals surface area contributed by atoms with Gasteiger partial charge in [0, 0.05) is 21.8 Å². The Morgan fingerprint density at radius 1 is 1.25 bits per heavy atom. The first-order chi connectivity index (χ1) is 9.54. The lowest BCUT2D eigenvalue weighted by Gasteiger charge is -2.10. The van der Waals surface area contributed by atoms with Crippen LogP contribution in [0.25, 0.3) is 0 Å². The second-order valence-corrected chi connectivity index (χ2v) is 5.64. The summed E-state index contributed by atoms with van der Waals surface area (Å²) in [5.74, 6) is 1.25. The number of nitrogens with one attached hydrogen (secondary N) is 1. The van der Waals surface area contributed by atoms with E-state index >= 15 is 0 Å². The summed E-state index contributed by atoms with van der Waals surface area (Å²) in [7, 11) is 0. The van der Waals surface area contributed by atoms with E-state index in [-0.39, 0.29) is 5.91 Å². The molecule has 1 heterocycles. The van der Waals surface area contributed by atoms with Crippen molar-refractivity contribution < 1.29 is 9.53 Å². The third-order valence-corrected chi connectivity index (χ3v) is 3.77. The number of anilines is 1. The molecule has 1 unspecified atom stereocenters. The van der Waals surface area contributed by atoms with Gasteiger partial charge in [-0.2, -0.15) is 0 Å². The van der Waals surface area contributed by atoms with E-state index in [1.165, 1.54) is 0 Å². The van der Waals surface area contributed by atoms with Crippen LogP contribution >= 0.6 is 15.9 Å². The standard InChI is InChI=1S/C15H13BrN2O2/c1-8-2-3-9(16)6-13(8)20-10-4-5-11-12(7-10)18-15(19)14(11)17/h2-7,14H,17H2,1H3,(H,18,19). The van der Waals surface area contributed by atoms with Gasteiger partial charge in [-0.3, -0.25) is 4.79 Å². The number of fused-ring (bicyclic) bond motifs is 1. The average molecular weight is 333 g/mol. The Morgan fingerprint density at radius 2 is 2.05 bits per heavy atom. The number of hydrogen-bond donors (Lipinski definition) is 2. The van der Waals surface area contributed by atoms with E-state index in [4.69, 9.17) is 10.5 Å². The number of rotatable bonds is 2. The number of carbonyl (C=O) groups is 1. The largest absolute Gasteiger partial charge is 0.457 e. The molecule has 0 saturated carbocycles. The number of aryl methyl sites for hydroxylation is 1. The van der Waals surface area contributed by atoms with Crippen LogP contribution in [0.15, 0.2) is 40.9 Å². The fourth-order valence-corrected chi connectivity index (χ4v) is 2.48. The molecule has 4 nitrogen and oxygen atoms in total. The molecule has 1 aliphatic rings. The Morgan fingerprint density at radius 3 is 2.85 bits per heavy atom. The number of amides is 1. The summed E-state index contributed by atoms with van der Waals surface area (Å²) in [4.78, 5) is 11.5. The average Bonchev–Trinajstić information content (AvgIpc) is 2.69. The van der Waals surface area contributed by atoms with Gasteiger partial charge in [-0.1, -0.05) is 28.1 Å². The van der Waals surface area contributed by atoms with E-state index < -0.39 is 6.04 Å². The van der Waals surface area contributed by atoms with Crippen molar-refractivity contribution in [2.75, 3.05) is 5.32 Å². The smallest absolute Gasteiger partial charge is 0.245 e. The number of hydrogen-bond acceptors (Lipinski definition) is 3. The number of halogens is 1. The van der Waals surface area contributed by atoms with Crippen LogP contribution in [0.2, 0.25) is 0 Å². The lowest BCUT2D eigenvalue weighted by atomic mass is 10.1. The summed E-state index contributed by atoms with van der Waals surface area (Å²) in [6.45, 7) is 1.98. The van der Waals surface area contributed by atoms with E-state index in [9.17, 15) is 4.79 Å². The molecule has 2 aromatic carbocycles. The van der Waals surface area contributed by atoms with E-state index in [0.29, 0.717) is 11.4 Å². The van der Waals surface area contributed by atoms with Gasteiger partial charge in [-0.15, -0.1) is 0 Å². The SMILES string of the molecule is Cc1ccc(Br)cc1Oc1ccc2c(c1)NC(=O)C2N. The molecule has 3 rings (SSSR count). The minimum absolute atomic E-state index is 0.184. The summed E-state index contributed by atoms with van der Waals surface area (Å²) >= 11 is 3.42. The fourth-order valence-electron chi connectivity index (χ4n) is 2.14. The van der Waals surface area contributed by atoms with E-state index in [1.807, 2.05) is 37.3 Å². The lowest BCUT2D eigenvalue weighted by molar-refractivity contribution is -0.116. The maximum atomic E-state index is 11.5. The highest BCUT2D eigenvalue weighted by atomic mass is 79.9. The summed E-state index contributed by atoms with van der Waals surface area (Å²) in [6.07, 6.45) is 0. The van der Waals surface area contributed by atoms with Crippen molar-refractivity contribution in [2.24, 2.45) is 5.73 Å². The van der Waals surface area contributed by atoms with E-state index in [2.05, 4.69) is 21.2 Å². The Balaban J connectivity index is 1.92. The first kappa shape index (κ1) is 13.1. The molecule has 0 spiro atoms. The highest BCUT2D eigenvalue weighted by Crippen LogP contribution is 2.35. The Kier molecular flexibility index (Phi) is 3.23. The second-order valence-electron chi connectivity index (χ2n) is 4.73. The molecular formula is C15H13BrN2O2. The van der Waals surface area contributed by atoms with Crippen LogP contribution in [0.4, 0.5) is 5.69 Å². The van der Waals surface area contributed by atoms with Crippen molar-refractivity contribution in [2.45, 2.75) is 13.0 Å². The maximum Gasteiger partial charge on any atom is 0.245 e. The molecule has 102 valence electrons. The summed E-state index contributed by atoms with van der Waals surface area (Å²) in [6, 6.07) is 10.7. The lowest BCUT2D eigenvalue weighted by Crippen LogP contribution is -2.19. The highest BCUT2D eigenvalue weighted by molar-refractivity contribution is 9.10. The zero-order valence-electron chi connectivity index (χ0n) is 10.8. The van der Waals surface area contributed by atoms with Crippen molar-refractivity contribution in [3.63, 3.8) is 0 Å². The first-order valence-corrected chi connectivity index (χ1v) is 6.98. The fraction of sp³-hybridized carbons (Fsp3) is 0.133. The second kappa shape index (κ2) is 4.92. The zero-order valence-corrected chi connectivity index (χ0v) is 12.4. The third kappa shape index (κ3) is 2.30. The molecule has 1 amide bonds. The van der Waals surface area contributed by atoms with Crippen LogP contribution in [0.1, 0.15) is 17.2 Å². The molecule has 0 saturated heterocycles. The third-order valence-electron chi connectivity index (χ3n) is 3.28. The summed E-state index contributed by atoms with van der Waals surface area (Å²) in [5, 5.41) is 2.75. The van der Waals surface area contributed by atoms with Gasteiger partial charge in [0.15, 0.2) is 0 Å². The Labute approximate surface area is 125 Å². The van der Waals surface area contributed by atoms with E-state index in [1.54, 1.807) is 6.07 Å². The van der Waals surface area contributed by atoms with E-state index in [0.717, 1.165) is 21.3 Å². The van der Waals surface area contributed by atoms with Crippen LogP contribution in [-0.4, -0.2) is 5.91 Å². The topological polar surface area (TPSA) is 64.3 Å². The number of carbonyl (C=O) groups excluding carboxylic acids is 1. The van der Waals surface area contributed by atoms with Gasteiger partial charge in [0.1, 0.15) is 17.5 Å². The van der Waals surface area contributed by atoms with Gasteiger partial charge in [0.25, 0.3) is 0 Å². The quantitative estimate of drug-likeness (QED) is 0.884. The van der Waals surface area contributed by atoms with Gasteiger partial charge in [0.05, 0.1) is 0 Å². The van der Waals surface area contributed by atoms with Crippen LogP contribution in [-0.2, 0) is 4.79 Å². The molecule has 5 heteroatoms.